The fourth-order valence-electron chi connectivity index (χ4n) is 5.75. The Labute approximate surface area is 262 Å². The van der Waals surface area contributed by atoms with Crippen LogP contribution in [-0.4, -0.2) is 47.2 Å². The molecule has 3 N–H and O–H groups in total. The predicted octanol–water partition coefficient (Wildman–Crippen LogP) is 10.8. The quantitative estimate of drug-likeness (QED) is 0.0492. The lowest BCUT2D eigenvalue weighted by atomic mass is 10.0. The van der Waals surface area contributed by atoms with E-state index in [2.05, 4.69) is 13.8 Å². The van der Waals surface area contributed by atoms with Crippen molar-refractivity contribution in [1.82, 2.24) is 0 Å². The molecule has 0 aromatic heterocycles. The number of hydrogen-bond donors (Lipinski definition) is 3. The topological polar surface area (TPSA) is 79.2 Å². The first-order chi connectivity index (χ1) is 20.6. The number of unbranched alkanes of at least 4 members (excludes halogenated alkanes) is 26. The van der Waals surface area contributed by atoms with E-state index < -0.39 is 18.7 Å². The summed E-state index contributed by atoms with van der Waals surface area (Å²) in [5.74, 6) is 0. The van der Waals surface area contributed by atoms with Crippen LogP contribution in [-0.2, 0) is 9.47 Å². The first-order valence-corrected chi connectivity index (χ1v) is 18.9. The summed E-state index contributed by atoms with van der Waals surface area (Å²) in [6.07, 6.45) is 35.6. The molecule has 1 unspecified atom stereocenters. The van der Waals surface area contributed by atoms with Crippen LogP contribution in [0.15, 0.2) is 0 Å². The normalized spacial score (nSPS) is 13.9. The van der Waals surface area contributed by atoms with Gasteiger partial charge >= 0.3 is 0 Å². The maximum absolute atomic E-state index is 10.2. The van der Waals surface area contributed by atoms with E-state index in [0.717, 1.165) is 25.7 Å². The number of rotatable bonds is 36. The maximum atomic E-state index is 10.2. The lowest BCUT2D eigenvalue weighted by Gasteiger charge is -2.21. The fraction of sp³-hybridized carbons (Fsp3) is 1.00. The summed E-state index contributed by atoms with van der Waals surface area (Å²) in [5, 5.41) is 29.9. The van der Waals surface area contributed by atoms with Crippen LogP contribution in [0.3, 0.4) is 0 Å². The molecule has 0 radical (unpaired) electrons. The number of aliphatic hydroxyl groups is 3. The van der Waals surface area contributed by atoms with Crippen LogP contribution in [0.2, 0.25) is 0 Å². The molecule has 0 spiro atoms. The highest BCUT2D eigenvalue weighted by Crippen LogP contribution is 2.16. The third-order valence-electron chi connectivity index (χ3n) is 8.64. The summed E-state index contributed by atoms with van der Waals surface area (Å²) in [7, 11) is 0. The SMILES string of the molecule is CCCCCCCCCCCCCCCCC[C@H](O)OC(CO)CO[C@H](O)CCCCCCCCCCCCCCC. The van der Waals surface area contributed by atoms with Gasteiger partial charge in [0.05, 0.1) is 13.2 Å². The Morgan fingerprint density at radius 3 is 1.00 bits per heavy atom. The van der Waals surface area contributed by atoms with E-state index >= 15 is 0 Å². The van der Waals surface area contributed by atoms with Gasteiger partial charge in [0.15, 0.2) is 12.6 Å². The van der Waals surface area contributed by atoms with Crippen LogP contribution in [0.4, 0.5) is 0 Å². The Balaban J connectivity index is 3.50. The van der Waals surface area contributed by atoms with Crippen LogP contribution in [0.25, 0.3) is 0 Å². The first kappa shape index (κ1) is 41.8. The van der Waals surface area contributed by atoms with Gasteiger partial charge in [-0.1, -0.05) is 181 Å². The van der Waals surface area contributed by atoms with Gasteiger partial charge in [0, 0.05) is 0 Å². The minimum absolute atomic E-state index is 0.103. The van der Waals surface area contributed by atoms with Gasteiger partial charge in [0.2, 0.25) is 0 Å². The molecule has 0 saturated heterocycles. The molecule has 0 aliphatic heterocycles. The maximum Gasteiger partial charge on any atom is 0.155 e. The number of aliphatic hydroxyl groups excluding tert-OH is 3. The van der Waals surface area contributed by atoms with Gasteiger partial charge in [-0.3, -0.25) is 0 Å². The average Bonchev–Trinajstić information content (AvgIpc) is 2.99. The molecule has 0 aromatic rings. The lowest BCUT2D eigenvalue weighted by molar-refractivity contribution is -0.191. The minimum atomic E-state index is -0.883. The second kappa shape index (κ2) is 35.3. The largest absolute Gasteiger partial charge is 0.394 e. The zero-order valence-corrected chi connectivity index (χ0v) is 28.5. The molecule has 0 amide bonds. The van der Waals surface area contributed by atoms with Crippen molar-refractivity contribution < 1.29 is 24.8 Å². The molecule has 0 fully saturated rings. The Kier molecular flexibility index (Phi) is 35.1. The van der Waals surface area contributed by atoms with E-state index in [1.807, 2.05) is 0 Å². The summed E-state index contributed by atoms with van der Waals surface area (Å²) in [6.45, 7) is 4.43. The van der Waals surface area contributed by atoms with Crippen LogP contribution in [0.5, 0.6) is 0 Å². The minimum Gasteiger partial charge on any atom is -0.394 e. The smallest absolute Gasteiger partial charge is 0.155 e. The summed E-state index contributed by atoms with van der Waals surface area (Å²) in [6, 6.07) is 0. The van der Waals surface area contributed by atoms with Crippen molar-refractivity contribution in [2.75, 3.05) is 13.2 Å². The lowest BCUT2D eigenvalue weighted by Crippen LogP contribution is -2.31. The molecule has 0 bridgehead atoms. The average molecular weight is 601 g/mol. The molecule has 5 heteroatoms. The molecular formula is C37H76O5. The Morgan fingerprint density at radius 2 is 0.690 bits per heavy atom. The molecule has 3 atom stereocenters. The van der Waals surface area contributed by atoms with Gasteiger partial charge < -0.3 is 24.8 Å². The zero-order valence-electron chi connectivity index (χ0n) is 28.5. The van der Waals surface area contributed by atoms with Crippen molar-refractivity contribution in [1.29, 1.82) is 0 Å². The van der Waals surface area contributed by atoms with Crippen LogP contribution >= 0.6 is 0 Å². The summed E-state index contributed by atoms with van der Waals surface area (Å²) < 4.78 is 11.1. The molecule has 0 saturated carbocycles. The van der Waals surface area contributed by atoms with Crippen molar-refractivity contribution in [2.24, 2.45) is 0 Å². The third kappa shape index (κ3) is 32.7. The molecule has 0 aromatic carbocycles. The van der Waals surface area contributed by atoms with Gasteiger partial charge in [0.25, 0.3) is 0 Å². The van der Waals surface area contributed by atoms with Crippen LogP contribution in [0, 0.1) is 0 Å². The number of ether oxygens (including phenoxy) is 2. The van der Waals surface area contributed by atoms with E-state index in [-0.39, 0.29) is 13.2 Å². The molecule has 0 aliphatic carbocycles. The van der Waals surface area contributed by atoms with Crippen molar-refractivity contribution >= 4 is 0 Å². The monoisotopic (exact) mass is 601 g/mol. The van der Waals surface area contributed by atoms with Crippen molar-refractivity contribution in [3.05, 3.63) is 0 Å². The standard InChI is InChI=1S/C37H76O5/c1-3-5-7-9-11-13-15-17-18-20-22-24-26-28-30-32-37(40)42-35(33-38)34-41-36(39)31-29-27-25-23-21-19-16-14-12-10-8-6-4-2/h35-40H,3-34H2,1-2H3/t35?,36-,37+/m0/s1. The Bertz CT molecular complexity index is 489. The van der Waals surface area contributed by atoms with Crippen molar-refractivity contribution in [2.45, 2.75) is 225 Å². The molecule has 42 heavy (non-hydrogen) atoms. The highest BCUT2D eigenvalue weighted by atomic mass is 16.6. The molecule has 254 valence electrons. The third-order valence-corrected chi connectivity index (χ3v) is 8.64. The Hall–Kier alpha value is -0.200. The van der Waals surface area contributed by atoms with E-state index in [0.29, 0.717) is 12.8 Å². The predicted molar refractivity (Wildman–Crippen MR) is 180 cm³/mol. The number of hydrogen-bond acceptors (Lipinski definition) is 5. The summed E-state index contributed by atoms with van der Waals surface area (Å²) in [4.78, 5) is 0. The van der Waals surface area contributed by atoms with E-state index in [1.165, 1.54) is 154 Å². The van der Waals surface area contributed by atoms with E-state index in [4.69, 9.17) is 9.47 Å². The zero-order chi connectivity index (χ0) is 30.8. The van der Waals surface area contributed by atoms with E-state index in [9.17, 15) is 15.3 Å². The van der Waals surface area contributed by atoms with Crippen LogP contribution < -0.4 is 0 Å². The molecule has 0 heterocycles. The van der Waals surface area contributed by atoms with Crippen molar-refractivity contribution in [3.8, 4) is 0 Å². The Morgan fingerprint density at radius 1 is 0.405 bits per heavy atom. The summed E-state index contributed by atoms with van der Waals surface area (Å²) >= 11 is 0. The first-order valence-electron chi connectivity index (χ1n) is 18.9. The molecule has 0 aliphatic rings. The fourth-order valence-corrected chi connectivity index (χ4v) is 5.75. The van der Waals surface area contributed by atoms with Crippen molar-refractivity contribution in [3.63, 3.8) is 0 Å². The van der Waals surface area contributed by atoms with Gasteiger partial charge in [0.1, 0.15) is 6.10 Å². The molecule has 0 rings (SSSR count). The second-order valence-electron chi connectivity index (χ2n) is 13.0. The van der Waals surface area contributed by atoms with Gasteiger partial charge in [-0.2, -0.15) is 0 Å². The van der Waals surface area contributed by atoms with Gasteiger partial charge in [-0.25, -0.2) is 0 Å². The van der Waals surface area contributed by atoms with E-state index in [1.54, 1.807) is 0 Å². The summed E-state index contributed by atoms with van der Waals surface area (Å²) in [5.41, 5.74) is 0. The van der Waals surface area contributed by atoms with Gasteiger partial charge in [-0.05, 0) is 25.7 Å². The highest BCUT2D eigenvalue weighted by molar-refractivity contribution is 4.58. The van der Waals surface area contributed by atoms with Gasteiger partial charge in [-0.15, -0.1) is 0 Å². The molecule has 5 nitrogen and oxygen atoms in total. The second-order valence-corrected chi connectivity index (χ2v) is 13.0. The highest BCUT2D eigenvalue weighted by Gasteiger charge is 2.16. The molecular weight excluding hydrogens is 524 g/mol. The van der Waals surface area contributed by atoms with Crippen LogP contribution in [0.1, 0.15) is 206 Å².